The zero-order chi connectivity index (χ0) is 12.8. The van der Waals surface area contributed by atoms with Crippen LogP contribution in [0.3, 0.4) is 0 Å². The van der Waals surface area contributed by atoms with Crippen LogP contribution in [0.5, 0.6) is 0 Å². The van der Waals surface area contributed by atoms with E-state index in [2.05, 4.69) is 5.32 Å². The number of hydrogen-bond acceptors (Lipinski definition) is 2. The van der Waals surface area contributed by atoms with Crippen LogP contribution >= 0.6 is 0 Å². The van der Waals surface area contributed by atoms with Crippen molar-refractivity contribution in [3.8, 4) is 0 Å². The molecule has 0 saturated carbocycles. The van der Waals surface area contributed by atoms with Gasteiger partial charge in [-0.3, -0.25) is 9.59 Å². The van der Waals surface area contributed by atoms with E-state index >= 15 is 0 Å². The van der Waals surface area contributed by atoms with Crippen molar-refractivity contribution in [1.29, 1.82) is 0 Å². The summed E-state index contributed by atoms with van der Waals surface area (Å²) in [6.45, 7) is 10.6. The van der Waals surface area contributed by atoms with E-state index < -0.39 is 0 Å². The smallest absolute Gasteiger partial charge is 0.220 e. The highest BCUT2D eigenvalue weighted by atomic mass is 16.1. The van der Waals surface area contributed by atoms with Crippen molar-refractivity contribution >= 4 is 11.7 Å². The number of amides is 1. The van der Waals surface area contributed by atoms with Crippen molar-refractivity contribution in [1.82, 2.24) is 5.32 Å². The first-order chi connectivity index (χ1) is 7.20. The molecular weight excluding hydrogens is 202 g/mol. The Bertz CT molecular complexity index is 239. The summed E-state index contributed by atoms with van der Waals surface area (Å²) in [5.74, 6) is 0.626. The Labute approximate surface area is 99.0 Å². The third-order valence-electron chi connectivity index (χ3n) is 2.05. The minimum absolute atomic E-state index is 0.0403. The minimum Gasteiger partial charge on any atom is -0.356 e. The van der Waals surface area contributed by atoms with Gasteiger partial charge in [0.15, 0.2) is 0 Å². The number of Topliss-reactive ketones (excluding diaryl/α,β-unsaturated/α-hetero) is 1. The monoisotopic (exact) mass is 227 g/mol. The van der Waals surface area contributed by atoms with Crippen LogP contribution in [-0.2, 0) is 9.59 Å². The molecule has 3 heteroatoms. The summed E-state index contributed by atoms with van der Waals surface area (Å²) in [4.78, 5) is 22.8. The van der Waals surface area contributed by atoms with Gasteiger partial charge in [-0.25, -0.2) is 0 Å². The summed E-state index contributed by atoms with van der Waals surface area (Å²) in [6.07, 6.45) is 1.56. The SMILES string of the molecule is CC(C)CC(=O)NCCC(=O)CC(C)(C)C. The molecule has 0 heterocycles. The van der Waals surface area contributed by atoms with Gasteiger partial charge in [0, 0.05) is 25.8 Å². The lowest BCUT2D eigenvalue weighted by Crippen LogP contribution is -2.27. The topological polar surface area (TPSA) is 46.2 Å². The summed E-state index contributed by atoms with van der Waals surface area (Å²) in [6, 6.07) is 0. The highest BCUT2D eigenvalue weighted by molar-refractivity contribution is 5.80. The van der Waals surface area contributed by atoms with Gasteiger partial charge in [0.25, 0.3) is 0 Å². The molecule has 0 atom stereocenters. The van der Waals surface area contributed by atoms with E-state index in [1.165, 1.54) is 0 Å². The molecule has 0 aromatic heterocycles. The van der Waals surface area contributed by atoms with Gasteiger partial charge < -0.3 is 5.32 Å². The molecule has 16 heavy (non-hydrogen) atoms. The molecule has 0 aromatic rings. The van der Waals surface area contributed by atoms with E-state index in [4.69, 9.17) is 0 Å². The molecule has 0 bridgehead atoms. The average Bonchev–Trinajstić information content (AvgIpc) is 1.98. The second-order valence-electron chi connectivity index (χ2n) is 5.97. The molecule has 0 radical (unpaired) electrons. The minimum atomic E-state index is 0.0403. The van der Waals surface area contributed by atoms with Gasteiger partial charge >= 0.3 is 0 Å². The van der Waals surface area contributed by atoms with Crippen LogP contribution in [0.25, 0.3) is 0 Å². The maximum absolute atomic E-state index is 11.5. The molecule has 0 aromatic carbocycles. The molecular formula is C13H25NO2. The van der Waals surface area contributed by atoms with Gasteiger partial charge in [0.1, 0.15) is 5.78 Å². The summed E-state index contributed by atoms with van der Waals surface area (Å²) >= 11 is 0. The molecule has 0 spiro atoms. The predicted octanol–water partition coefficient (Wildman–Crippen LogP) is 2.54. The Morgan fingerprint density at radius 2 is 1.75 bits per heavy atom. The Kier molecular flexibility index (Phi) is 6.31. The number of ketones is 1. The van der Waals surface area contributed by atoms with Crippen LogP contribution in [0.2, 0.25) is 0 Å². The van der Waals surface area contributed by atoms with Crippen molar-refractivity contribution in [3.63, 3.8) is 0 Å². The van der Waals surface area contributed by atoms with Gasteiger partial charge in [0.05, 0.1) is 0 Å². The maximum atomic E-state index is 11.5. The number of carbonyl (C=O) groups excluding carboxylic acids is 2. The summed E-state index contributed by atoms with van der Waals surface area (Å²) in [5.41, 5.74) is 0.0407. The lowest BCUT2D eigenvalue weighted by Gasteiger charge is -2.16. The number of carbonyl (C=O) groups is 2. The van der Waals surface area contributed by atoms with E-state index in [1.807, 2.05) is 34.6 Å². The van der Waals surface area contributed by atoms with E-state index in [-0.39, 0.29) is 17.1 Å². The summed E-state index contributed by atoms with van der Waals surface area (Å²) in [7, 11) is 0. The molecule has 0 saturated heterocycles. The molecule has 1 amide bonds. The summed E-state index contributed by atoms with van der Waals surface area (Å²) < 4.78 is 0. The predicted molar refractivity (Wildman–Crippen MR) is 66.2 cm³/mol. The maximum Gasteiger partial charge on any atom is 0.220 e. The zero-order valence-electron chi connectivity index (χ0n) is 11.2. The number of nitrogens with one attached hydrogen (secondary N) is 1. The van der Waals surface area contributed by atoms with Gasteiger partial charge in [-0.15, -0.1) is 0 Å². The normalized spacial score (nSPS) is 11.6. The van der Waals surface area contributed by atoms with Gasteiger partial charge in [-0.05, 0) is 11.3 Å². The fourth-order valence-electron chi connectivity index (χ4n) is 1.46. The molecule has 0 aliphatic rings. The van der Waals surface area contributed by atoms with Crippen LogP contribution in [0, 0.1) is 11.3 Å². The van der Waals surface area contributed by atoms with Crippen molar-refractivity contribution in [2.75, 3.05) is 6.54 Å². The van der Waals surface area contributed by atoms with Crippen molar-refractivity contribution < 1.29 is 9.59 Å². The van der Waals surface area contributed by atoms with E-state index in [0.29, 0.717) is 31.7 Å². The van der Waals surface area contributed by atoms with Crippen molar-refractivity contribution in [2.24, 2.45) is 11.3 Å². The highest BCUT2D eigenvalue weighted by Gasteiger charge is 2.15. The van der Waals surface area contributed by atoms with Gasteiger partial charge in [-0.2, -0.15) is 0 Å². The lowest BCUT2D eigenvalue weighted by atomic mass is 9.89. The Morgan fingerprint density at radius 1 is 1.19 bits per heavy atom. The molecule has 0 aliphatic carbocycles. The van der Waals surface area contributed by atoms with Crippen LogP contribution in [-0.4, -0.2) is 18.2 Å². The molecule has 0 rings (SSSR count). The first kappa shape index (κ1) is 15.1. The second kappa shape index (κ2) is 6.66. The third-order valence-corrected chi connectivity index (χ3v) is 2.05. The average molecular weight is 227 g/mol. The van der Waals surface area contributed by atoms with Crippen LogP contribution < -0.4 is 5.32 Å². The fraction of sp³-hybridized carbons (Fsp3) is 0.846. The van der Waals surface area contributed by atoms with E-state index in [0.717, 1.165) is 0 Å². The van der Waals surface area contributed by atoms with Crippen LogP contribution in [0.1, 0.15) is 53.9 Å². The van der Waals surface area contributed by atoms with Crippen LogP contribution in [0.4, 0.5) is 0 Å². The molecule has 3 nitrogen and oxygen atoms in total. The number of rotatable bonds is 6. The highest BCUT2D eigenvalue weighted by Crippen LogP contribution is 2.19. The molecule has 0 fully saturated rings. The molecule has 1 N–H and O–H groups in total. The standard InChI is InChI=1S/C13H25NO2/c1-10(2)8-12(16)14-7-6-11(15)9-13(3,4)5/h10H,6-9H2,1-5H3,(H,14,16). The van der Waals surface area contributed by atoms with E-state index in [9.17, 15) is 9.59 Å². The molecule has 94 valence electrons. The lowest BCUT2D eigenvalue weighted by molar-refractivity contribution is -0.122. The van der Waals surface area contributed by atoms with Gasteiger partial charge in [-0.1, -0.05) is 34.6 Å². The first-order valence-electron chi connectivity index (χ1n) is 5.99. The van der Waals surface area contributed by atoms with Crippen LogP contribution in [0.15, 0.2) is 0 Å². The Hall–Kier alpha value is -0.860. The van der Waals surface area contributed by atoms with Gasteiger partial charge in [0.2, 0.25) is 5.91 Å². The number of hydrogen-bond donors (Lipinski definition) is 1. The largest absolute Gasteiger partial charge is 0.356 e. The first-order valence-corrected chi connectivity index (χ1v) is 5.99. The quantitative estimate of drug-likeness (QED) is 0.758. The summed E-state index contributed by atoms with van der Waals surface area (Å²) in [5, 5.41) is 2.77. The second-order valence-corrected chi connectivity index (χ2v) is 5.97. The van der Waals surface area contributed by atoms with E-state index in [1.54, 1.807) is 0 Å². The van der Waals surface area contributed by atoms with Crippen molar-refractivity contribution in [2.45, 2.75) is 53.9 Å². The third kappa shape index (κ3) is 9.69. The van der Waals surface area contributed by atoms with Crippen molar-refractivity contribution in [3.05, 3.63) is 0 Å². The Balaban J connectivity index is 3.66. The Morgan fingerprint density at radius 3 is 2.19 bits per heavy atom. The zero-order valence-corrected chi connectivity index (χ0v) is 11.2. The fourth-order valence-corrected chi connectivity index (χ4v) is 1.46. The molecule has 0 aliphatic heterocycles. The molecule has 0 unspecified atom stereocenters.